The van der Waals surface area contributed by atoms with Crippen molar-refractivity contribution in [1.29, 1.82) is 0 Å². The van der Waals surface area contributed by atoms with Crippen LogP contribution in [0.3, 0.4) is 0 Å². The van der Waals surface area contributed by atoms with Gasteiger partial charge in [0.25, 0.3) is 11.8 Å². The van der Waals surface area contributed by atoms with Crippen molar-refractivity contribution in [3.8, 4) is 0 Å². The number of fused-ring (bicyclic) bond motifs is 1. The van der Waals surface area contributed by atoms with Gasteiger partial charge in [0.2, 0.25) is 5.91 Å². The number of hydrogen-bond donors (Lipinski definition) is 1. The third-order valence-corrected chi connectivity index (χ3v) is 4.62. The molecule has 0 aromatic heterocycles. The molecule has 1 fully saturated rings. The second kappa shape index (κ2) is 7.55. The van der Waals surface area contributed by atoms with Crippen LogP contribution >= 0.6 is 0 Å². The summed E-state index contributed by atoms with van der Waals surface area (Å²) >= 11 is 0. The van der Waals surface area contributed by atoms with E-state index in [0.29, 0.717) is 43.7 Å². The molecule has 0 atom stereocenters. The number of rotatable bonds is 4. The van der Waals surface area contributed by atoms with Crippen molar-refractivity contribution in [1.82, 2.24) is 15.1 Å². The Balaban J connectivity index is 1.53. The van der Waals surface area contributed by atoms with E-state index in [1.807, 2.05) is 0 Å². The predicted molar refractivity (Wildman–Crippen MR) is 91.6 cm³/mol. The Morgan fingerprint density at radius 2 is 1.69 bits per heavy atom. The molecule has 1 aromatic carbocycles. The van der Waals surface area contributed by atoms with Crippen LogP contribution in [0.1, 0.15) is 40.5 Å². The number of benzene rings is 1. The van der Waals surface area contributed by atoms with Gasteiger partial charge in [0.05, 0.1) is 17.7 Å². The van der Waals surface area contributed by atoms with Gasteiger partial charge in [0.1, 0.15) is 6.54 Å². The van der Waals surface area contributed by atoms with Crippen LogP contribution in [-0.2, 0) is 9.53 Å². The number of likely N-dealkylation sites (tertiary alicyclic amines) is 1. The number of hydrogen-bond acceptors (Lipinski definition) is 5. The fourth-order valence-electron chi connectivity index (χ4n) is 3.23. The molecule has 8 heteroatoms. The molecule has 0 aliphatic carbocycles. The molecule has 26 heavy (non-hydrogen) atoms. The Morgan fingerprint density at radius 1 is 1.12 bits per heavy atom. The van der Waals surface area contributed by atoms with Gasteiger partial charge >= 0.3 is 6.09 Å². The van der Waals surface area contributed by atoms with Gasteiger partial charge in [-0.25, -0.2) is 4.79 Å². The lowest BCUT2D eigenvalue weighted by Gasteiger charge is -2.32. The lowest BCUT2D eigenvalue weighted by Crippen LogP contribution is -2.49. The number of ether oxygens (including phenoxy) is 1. The minimum Gasteiger partial charge on any atom is -0.450 e. The Labute approximate surface area is 151 Å². The second-order valence-corrected chi connectivity index (χ2v) is 6.26. The van der Waals surface area contributed by atoms with Crippen molar-refractivity contribution in [2.75, 3.05) is 26.2 Å². The van der Waals surface area contributed by atoms with Crippen LogP contribution in [0.5, 0.6) is 0 Å². The fraction of sp³-hybridized carbons (Fsp3) is 0.444. The molecule has 4 amide bonds. The number of carbonyl (C=O) groups is 4. The maximum absolute atomic E-state index is 12.5. The smallest absolute Gasteiger partial charge is 0.407 e. The van der Waals surface area contributed by atoms with Crippen LogP contribution in [0.15, 0.2) is 24.3 Å². The molecule has 0 saturated carbocycles. The highest BCUT2D eigenvalue weighted by Crippen LogP contribution is 2.22. The van der Waals surface area contributed by atoms with E-state index >= 15 is 0 Å². The van der Waals surface area contributed by atoms with Gasteiger partial charge in [0, 0.05) is 19.1 Å². The lowest BCUT2D eigenvalue weighted by atomic mass is 10.1. The molecule has 2 heterocycles. The average Bonchev–Trinajstić information content (AvgIpc) is 2.88. The molecule has 1 saturated heterocycles. The predicted octanol–water partition coefficient (Wildman–Crippen LogP) is 1.02. The van der Waals surface area contributed by atoms with Crippen molar-refractivity contribution in [3.05, 3.63) is 35.4 Å². The van der Waals surface area contributed by atoms with Crippen molar-refractivity contribution in [3.63, 3.8) is 0 Å². The number of amides is 4. The average molecular weight is 359 g/mol. The monoisotopic (exact) mass is 359 g/mol. The molecule has 0 unspecified atom stereocenters. The lowest BCUT2D eigenvalue weighted by molar-refractivity contribution is -0.132. The third kappa shape index (κ3) is 3.54. The summed E-state index contributed by atoms with van der Waals surface area (Å²) in [7, 11) is 0. The van der Waals surface area contributed by atoms with Crippen LogP contribution in [0.4, 0.5) is 4.79 Å². The van der Waals surface area contributed by atoms with Crippen LogP contribution in [0.2, 0.25) is 0 Å². The third-order valence-electron chi connectivity index (χ3n) is 4.62. The second-order valence-electron chi connectivity index (χ2n) is 6.26. The summed E-state index contributed by atoms with van der Waals surface area (Å²) in [6, 6.07) is 6.52. The van der Waals surface area contributed by atoms with E-state index in [-0.39, 0.29) is 18.5 Å². The Morgan fingerprint density at radius 3 is 2.23 bits per heavy atom. The summed E-state index contributed by atoms with van der Waals surface area (Å²) in [6.45, 7) is 2.70. The molecular formula is C18H21N3O5. The van der Waals surface area contributed by atoms with Gasteiger partial charge in [0.15, 0.2) is 0 Å². The summed E-state index contributed by atoms with van der Waals surface area (Å²) in [5.41, 5.74) is 0.672. The van der Waals surface area contributed by atoms with Crippen molar-refractivity contribution < 1.29 is 23.9 Å². The van der Waals surface area contributed by atoms with Crippen LogP contribution in [0, 0.1) is 0 Å². The molecule has 2 aliphatic rings. The fourth-order valence-corrected chi connectivity index (χ4v) is 3.23. The van der Waals surface area contributed by atoms with E-state index in [9.17, 15) is 19.2 Å². The number of alkyl carbamates (subject to hydrolysis) is 1. The van der Waals surface area contributed by atoms with Gasteiger partial charge in [-0.05, 0) is 31.9 Å². The molecule has 0 bridgehead atoms. The quantitative estimate of drug-likeness (QED) is 0.810. The van der Waals surface area contributed by atoms with E-state index in [4.69, 9.17) is 4.74 Å². The minimum absolute atomic E-state index is 0.0441. The normalized spacial score (nSPS) is 17.3. The van der Waals surface area contributed by atoms with Gasteiger partial charge in [-0.15, -0.1) is 0 Å². The Kier molecular flexibility index (Phi) is 5.20. The molecule has 0 radical (unpaired) electrons. The SMILES string of the molecule is CCOC(=O)NC1CCN(C(=O)CN2C(=O)c3ccccc3C2=O)CC1. The van der Waals surface area contributed by atoms with Gasteiger partial charge < -0.3 is 15.0 Å². The van der Waals surface area contributed by atoms with Crippen LogP contribution in [0.25, 0.3) is 0 Å². The zero-order valence-electron chi connectivity index (χ0n) is 14.6. The maximum Gasteiger partial charge on any atom is 0.407 e. The van der Waals surface area contributed by atoms with E-state index in [2.05, 4.69) is 5.32 Å². The van der Waals surface area contributed by atoms with Crippen molar-refractivity contribution in [2.24, 2.45) is 0 Å². The summed E-state index contributed by atoms with van der Waals surface area (Å²) < 4.78 is 4.85. The summed E-state index contributed by atoms with van der Waals surface area (Å²) in [5, 5.41) is 2.76. The molecule has 138 valence electrons. The molecule has 8 nitrogen and oxygen atoms in total. The maximum atomic E-state index is 12.5. The van der Waals surface area contributed by atoms with E-state index < -0.39 is 17.9 Å². The molecule has 2 aliphatic heterocycles. The van der Waals surface area contributed by atoms with E-state index in [0.717, 1.165) is 4.90 Å². The highest BCUT2D eigenvalue weighted by Gasteiger charge is 2.37. The van der Waals surface area contributed by atoms with Crippen molar-refractivity contribution in [2.45, 2.75) is 25.8 Å². The standard InChI is InChI=1S/C18H21N3O5/c1-2-26-18(25)19-12-7-9-20(10-8-12)15(22)11-21-16(23)13-5-3-4-6-14(13)17(21)24/h3-6,12H,2,7-11H2,1H3,(H,19,25). The first-order valence-corrected chi connectivity index (χ1v) is 8.67. The zero-order valence-corrected chi connectivity index (χ0v) is 14.6. The first kappa shape index (κ1) is 17.9. The number of imide groups is 1. The molecular weight excluding hydrogens is 338 g/mol. The molecule has 0 spiro atoms. The molecule has 1 N–H and O–H groups in total. The number of nitrogens with one attached hydrogen (secondary N) is 1. The zero-order chi connectivity index (χ0) is 18.7. The largest absolute Gasteiger partial charge is 0.450 e. The summed E-state index contributed by atoms with van der Waals surface area (Å²) in [4.78, 5) is 51.2. The summed E-state index contributed by atoms with van der Waals surface area (Å²) in [5.74, 6) is -1.13. The number of carbonyl (C=O) groups excluding carboxylic acids is 4. The van der Waals surface area contributed by atoms with Crippen LogP contribution < -0.4 is 5.32 Å². The van der Waals surface area contributed by atoms with E-state index in [1.54, 1.807) is 36.1 Å². The minimum atomic E-state index is -0.455. The first-order valence-electron chi connectivity index (χ1n) is 8.67. The topological polar surface area (TPSA) is 96.0 Å². The Bertz CT molecular complexity index is 705. The molecule has 3 rings (SSSR count). The van der Waals surface area contributed by atoms with Crippen molar-refractivity contribution >= 4 is 23.8 Å². The van der Waals surface area contributed by atoms with Gasteiger partial charge in [-0.3, -0.25) is 19.3 Å². The number of piperidine rings is 1. The Hall–Kier alpha value is -2.90. The number of nitrogens with zero attached hydrogens (tertiary/aromatic N) is 2. The van der Waals surface area contributed by atoms with Crippen LogP contribution in [-0.4, -0.2) is 65.9 Å². The van der Waals surface area contributed by atoms with Gasteiger partial charge in [-0.1, -0.05) is 12.1 Å². The molecule has 1 aromatic rings. The van der Waals surface area contributed by atoms with Gasteiger partial charge in [-0.2, -0.15) is 0 Å². The first-order chi connectivity index (χ1) is 12.5. The van der Waals surface area contributed by atoms with E-state index in [1.165, 1.54) is 0 Å². The highest BCUT2D eigenvalue weighted by molar-refractivity contribution is 6.22. The summed E-state index contributed by atoms with van der Waals surface area (Å²) in [6.07, 6.45) is 0.752. The highest BCUT2D eigenvalue weighted by atomic mass is 16.5.